The Morgan fingerprint density at radius 3 is 2.00 bits per heavy atom. The largest absolute Gasteiger partial charge is 0.508 e. The van der Waals surface area contributed by atoms with Gasteiger partial charge in [-0.3, -0.25) is 4.55 Å². The predicted octanol–water partition coefficient (Wildman–Crippen LogP) is 5.89. The number of benzene rings is 3. The van der Waals surface area contributed by atoms with Crippen molar-refractivity contribution in [1.82, 2.24) is 0 Å². The third-order valence-electron chi connectivity index (χ3n) is 4.41. The average molecular weight is 494 g/mol. The highest BCUT2D eigenvalue weighted by Crippen LogP contribution is 2.54. The molecule has 0 aliphatic carbocycles. The van der Waals surface area contributed by atoms with E-state index in [0.717, 1.165) is 6.07 Å². The highest BCUT2D eigenvalue weighted by atomic mass is 35.5. The van der Waals surface area contributed by atoms with Crippen molar-refractivity contribution in [2.75, 3.05) is 0 Å². The Hall–Kier alpha value is -1.67. The van der Waals surface area contributed by atoms with Crippen LogP contribution in [0.2, 0.25) is 20.1 Å². The van der Waals surface area contributed by atoms with Crippen molar-refractivity contribution in [3.05, 3.63) is 91.4 Å². The van der Waals surface area contributed by atoms with Crippen molar-refractivity contribution in [3.8, 4) is 11.5 Å². The van der Waals surface area contributed by atoms with Crippen LogP contribution in [0.1, 0.15) is 16.7 Å². The molecule has 29 heavy (non-hydrogen) atoms. The zero-order chi connectivity index (χ0) is 21.6. The second-order valence-corrected chi connectivity index (χ2v) is 9.24. The summed E-state index contributed by atoms with van der Waals surface area (Å²) in [6, 6.07) is 11.6. The molecule has 0 aliphatic rings. The fourth-order valence-corrected chi connectivity index (χ4v) is 5.74. The van der Waals surface area contributed by atoms with Crippen LogP contribution in [-0.2, 0) is 14.9 Å². The summed E-state index contributed by atoms with van der Waals surface area (Å²) < 4.78 is 33.9. The molecule has 3 rings (SSSR count). The fourth-order valence-electron chi connectivity index (χ4n) is 3.24. The standard InChI is InChI=1S/C19H12Cl4O5S/c20-10-5-6-11(14(22)9-10)19(29(26,27)28,12-3-1-2-4-15(12)24)17-16(25)8-7-13(21)18(17)23/h1-9,24-25H,(H,26,27,28). The van der Waals surface area contributed by atoms with E-state index >= 15 is 0 Å². The first-order chi connectivity index (χ1) is 13.5. The Balaban J connectivity index is 2.68. The summed E-state index contributed by atoms with van der Waals surface area (Å²) in [4.78, 5) is 0. The van der Waals surface area contributed by atoms with Gasteiger partial charge >= 0.3 is 0 Å². The van der Waals surface area contributed by atoms with Crippen molar-refractivity contribution in [2.45, 2.75) is 4.75 Å². The van der Waals surface area contributed by atoms with E-state index in [1.54, 1.807) is 0 Å². The van der Waals surface area contributed by atoms with Crippen LogP contribution in [0, 0.1) is 0 Å². The average Bonchev–Trinajstić information content (AvgIpc) is 2.62. The molecule has 0 spiro atoms. The Morgan fingerprint density at radius 1 is 0.759 bits per heavy atom. The molecule has 0 saturated heterocycles. The lowest BCUT2D eigenvalue weighted by Crippen LogP contribution is -2.39. The molecule has 0 heterocycles. The summed E-state index contributed by atoms with van der Waals surface area (Å²) in [5.74, 6) is -1.09. The number of phenols is 2. The molecule has 0 fully saturated rings. The van der Waals surface area contributed by atoms with Gasteiger partial charge in [-0.25, -0.2) is 0 Å². The summed E-state index contributed by atoms with van der Waals surface area (Å²) in [7, 11) is -5.20. The topological polar surface area (TPSA) is 94.8 Å². The molecular formula is C19H12Cl4O5S. The lowest BCUT2D eigenvalue weighted by molar-refractivity contribution is 0.428. The molecule has 0 aliphatic heterocycles. The molecule has 0 radical (unpaired) electrons. The number of hydrogen-bond donors (Lipinski definition) is 3. The molecule has 0 bridgehead atoms. The number of para-hydroxylation sites is 1. The Bertz CT molecular complexity index is 1210. The lowest BCUT2D eigenvalue weighted by atomic mass is 9.82. The summed E-state index contributed by atoms with van der Waals surface area (Å²) in [6.07, 6.45) is 0. The van der Waals surface area contributed by atoms with Gasteiger partial charge in [-0.1, -0.05) is 70.7 Å². The third-order valence-corrected chi connectivity index (χ3v) is 7.18. The molecule has 3 N–H and O–H groups in total. The van der Waals surface area contributed by atoms with Gasteiger partial charge in [0.25, 0.3) is 10.1 Å². The van der Waals surface area contributed by atoms with Crippen LogP contribution in [-0.4, -0.2) is 23.2 Å². The molecule has 3 aromatic carbocycles. The first kappa shape index (κ1) is 22.0. The number of phenolic OH excluding ortho intramolecular Hbond substituents is 2. The first-order valence-electron chi connectivity index (χ1n) is 7.90. The monoisotopic (exact) mass is 492 g/mol. The first-order valence-corrected chi connectivity index (χ1v) is 10.9. The quantitative estimate of drug-likeness (QED) is 0.311. The van der Waals surface area contributed by atoms with Crippen LogP contribution in [0.4, 0.5) is 0 Å². The van der Waals surface area contributed by atoms with Crippen molar-refractivity contribution in [1.29, 1.82) is 0 Å². The Morgan fingerprint density at radius 2 is 1.41 bits per heavy atom. The van der Waals surface area contributed by atoms with Gasteiger partial charge in [0.1, 0.15) is 11.5 Å². The van der Waals surface area contributed by atoms with E-state index in [-0.39, 0.29) is 31.2 Å². The van der Waals surface area contributed by atoms with Gasteiger partial charge in [-0.2, -0.15) is 8.42 Å². The summed E-state index contributed by atoms with van der Waals surface area (Å²) in [5.41, 5.74) is -0.974. The molecule has 3 aromatic rings. The van der Waals surface area contributed by atoms with Crippen LogP contribution in [0.5, 0.6) is 11.5 Å². The molecule has 10 heteroatoms. The zero-order valence-corrected chi connectivity index (χ0v) is 18.1. The predicted molar refractivity (Wildman–Crippen MR) is 114 cm³/mol. The Kier molecular flexibility index (Phi) is 5.98. The summed E-state index contributed by atoms with van der Waals surface area (Å²) in [5, 5.41) is 20.7. The zero-order valence-electron chi connectivity index (χ0n) is 14.3. The lowest BCUT2D eigenvalue weighted by Gasteiger charge is -2.34. The minimum atomic E-state index is -5.20. The van der Waals surface area contributed by atoms with Crippen molar-refractivity contribution < 1.29 is 23.2 Å². The summed E-state index contributed by atoms with van der Waals surface area (Å²) in [6.45, 7) is 0. The van der Waals surface area contributed by atoms with Gasteiger partial charge < -0.3 is 10.2 Å². The SMILES string of the molecule is O=S(=O)(O)C(c1ccccc1O)(c1ccc(Cl)cc1Cl)c1c(O)ccc(Cl)c1Cl. The maximum atomic E-state index is 13.0. The maximum absolute atomic E-state index is 13.0. The van der Waals surface area contributed by atoms with E-state index in [2.05, 4.69) is 0 Å². The molecular weight excluding hydrogens is 482 g/mol. The van der Waals surface area contributed by atoms with Gasteiger partial charge in [-0.05, 0) is 30.3 Å². The smallest absolute Gasteiger partial charge is 0.283 e. The molecule has 5 nitrogen and oxygen atoms in total. The summed E-state index contributed by atoms with van der Waals surface area (Å²) >= 11 is 24.7. The molecule has 152 valence electrons. The minimum Gasteiger partial charge on any atom is -0.508 e. The van der Waals surface area contributed by atoms with Crippen LogP contribution in [0.25, 0.3) is 0 Å². The van der Waals surface area contributed by atoms with Crippen LogP contribution in [0.15, 0.2) is 54.6 Å². The van der Waals surface area contributed by atoms with Gasteiger partial charge in [0.2, 0.25) is 0 Å². The number of aromatic hydroxyl groups is 2. The van der Waals surface area contributed by atoms with Crippen LogP contribution >= 0.6 is 46.4 Å². The van der Waals surface area contributed by atoms with E-state index < -0.39 is 31.9 Å². The van der Waals surface area contributed by atoms with Gasteiger partial charge in [0.05, 0.1) is 10.0 Å². The molecule has 1 atom stereocenters. The highest BCUT2D eigenvalue weighted by molar-refractivity contribution is 7.87. The van der Waals surface area contributed by atoms with Gasteiger partial charge in [0.15, 0.2) is 4.75 Å². The molecule has 0 amide bonds. The molecule has 0 saturated carbocycles. The number of rotatable bonds is 4. The van der Waals surface area contributed by atoms with Crippen molar-refractivity contribution >= 4 is 56.5 Å². The third kappa shape index (κ3) is 3.54. The van der Waals surface area contributed by atoms with E-state index in [1.165, 1.54) is 48.5 Å². The van der Waals surface area contributed by atoms with Crippen molar-refractivity contribution in [2.24, 2.45) is 0 Å². The van der Waals surface area contributed by atoms with E-state index in [0.29, 0.717) is 0 Å². The van der Waals surface area contributed by atoms with E-state index in [9.17, 15) is 23.2 Å². The normalized spacial score (nSPS) is 13.8. The van der Waals surface area contributed by atoms with E-state index in [1.807, 2.05) is 0 Å². The second kappa shape index (κ2) is 7.87. The van der Waals surface area contributed by atoms with Crippen molar-refractivity contribution in [3.63, 3.8) is 0 Å². The van der Waals surface area contributed by atoms with Crippen LogP contribution in [0.3, 0.4) is 0 Å². The number of hydrogen-bond acceptors (Lipinski definition) is 4. The van der Waals surface area contributed by atoms with Crippen LogP contribution < -0.4 is 0 Å². The maximum Gasteiger partial charge on any atom is 0.283 e. The molecule has 1 unspecified atom stereocenters. The Labute approximate surface area is 186 Å². The minimum absolute atomic E-state index is 0.0898. The van der Waals surface area contributed by atoms with E-state index in [4.69, 9.17) is 46.4 Å². The fraction of sp³-hybridized carbons (Fsp3) is 0.0526. The second-order valence-electron chi connectivity index (χ2n) is 6.05. The van der Waals surface area contributed by atoms with Gasteiger partial charge in [-0.15, -0.1) is 0 Å². The molecule has 0 aromatic heterocycles. The number of halogens is 4. The highest BCUT2D eigenvalue weighted by Gasteiger charge is 2.54. The van der Waals surface area contributed by atoms with Gasteiger partial charge in [0, 0.05) is 26.7 Å².